The summed E-state index contributed by atoms with van der Waals surface area (Å²) >= 11 is 0. The summed E-state index contributed by atoms with van der Waals surface area (Å²) in [5, 5.41) is 10.7. The van der Waals surface area contributed by atoms with Crippen molar-refractivity contribution in [1.82, 2.24) is 5.32 Å². The molecule has 2 N–H and O–H groups in total. The van der Waals surface area contributed by atoms with Crippen molar-refractivity contribution < 1.29 is 40.6 Å². The summed E-state index contributed by atoms with van der Waals surface area (Å²) in [7, 11) is 0. The predicted molar refractivity (Wildman–Crippen MR) is 76.6 cm³/mol. The normalized spacial score (nSPS) is 17.8. The molecule has 3 nitrogen and oxygen atoms in total. The number of hydrogen-bond donors (Lipinski definition) is 2. The first-order valence-electron chi connectivity index (χ1n) is 7.77. The molecule has 2 atom stereocenters. The van der Waals surface area contributed by atoms with Gasteiger partial charge >= 0.3 is 12.1 Å². The SMILES string of the molecule is O=C(O)C(CC(F)(F)CC1CC1)NC(c1ccc(F)c(F)c1)C(F)(F)F. The zero-order chi connectivity index (χ0) is 19.7. The summed E-state index contributed by atoms with van der Waals surface area (Å²) in [4.78, 5) is 11.2. The van der Waals surface area contributed by atoms with E-state index in [4.69, 9.17) is 5.11 Å². The van der Waals surface area contributed by atoms with Gasteiger partial charge in [-0.25, -0.2) is 17.6 Å². The lowest BCUT2D eigenvalue weighted by Crippen LogP contribution is -2.47. The number of aliphatic carboxylic acids is 1. The molecule has 1 aliphatic carbocycles. The average Bonchev–Trinajstić information content (AvgIpc) is 3.28. The monoisotopic (exact) mass is 387 g/mol. The van der Waals surface area contributed by atoms with Crippen molar-refractivity contribution in [3.05, 3.63) is 35.4 Å². The van der Waals surface area contributed by atoms with Crippen LogP contribution in [0.15, 0.2) is 18.2 Å². The van der Waals surface area contributed by atoms with Crippen LogP contribution in [0, 0.1) is 17.6 Å². The van der Waals surface area contributed by atoms with Gasteiger partial charge < -0.3 is 5.11 Å². The summed E-state index contributed by atoms with van der Waals surface area (Å²) in [6.45, 7) is 0. The van der Waals surface area contributed by atoms with Gasteiger partial charge in [-0.1, -0.05) is 6.07 Å². The second-order valence-corrected chi connectivity index (χ2v) is 6.41. The Kier molecular flexibility index (Phi) is 5.84. The fourth-order valence-electron chi connectivity index (χ4n) is 2.62. The van der Waals surface area contributed by atoms with Crippen LogP contribution in [-0.4, -0.2) is 29.2 Å². The van der Waals surface area contributed by atoms with Crippen LogP contribution in [0.4, 0.5) is 30.7 Å². The highest BCUT2D eigenvalue weighted by atomic mass is 19.4. The molecule has 0 aliphatic heterocycles. The molecule has 2 unspecified atom stereocenters. The van der Waals surface area contributed by atoms with Crippen LogP contribution in [0.5, 0.6) is 0 Å². The quantitative estimate of drug-likeness (QED) is 0.649. The molecule has 0 saturated heterocycles. The van der Waals surface area contributed by atoms with Crippen molar-refractivity contribution in [3.8, 4) is 0 Å². The molecule has 1 saturated carbocycles. The average molecular weight is 387 g/mol. The number of benzene rings is 1. The highest BCUT2D eigenvalue weighted by molar-refractivity contribution is 5.73. The fraction of sp³-hybridized carbons (Fsp3) is 0.562. The molecule has 0 amide bonds. The van der Waals surface area contributed by atoms with Crippen molar-refractivity contribution in [1.29, 1.82) is 0 Å². The number of carboxylic acids is 1. The molecule has 0 heterocycles. The third-order valence-corrected chi connectivity index (χ3v) is 4.06. The van der Waals surface area contributed by atoms with E-state index in [9.17, 15) is 35.5 Å². The topological polar surface area (TPSA) is 49.3 Å². The maximum atomic E-state index is 13.9. The first-order valence-corrected chi connectivity index (χ1v) is 7.77. The predicted octanol–water partition coefficient (Wildman–Crippen LogP) is 4.44. The van der Waals surface area contributed by atoms with E-state index in [1.165, 1.54) is 0 Å². The van der Waals surface area contributed by atoms with E-state index >= 15 is 0 Å². The zero-order valence-electron chi connectivity index (χ0n) is 13.3. The minimum Gasteiger partial charge on any atom is -0.480 e. The van der Waals surface area contributed by atoms with E-state index in [1.807, 2.05) is 0 Å². The van der Waals surface area contributed by atoms with Crippen LogP contribution in [0.2, 0.25) is 0 Å². The van der Waals surface area contributed by atoms with Crippen molar-refractivity contribution >= 4 is 5.97 Å². The van der Waals surface area contributed by atoms with Crippen LogP contribution in [-0.2, 0) is 4.79 Å². The van der Waals surface area contributed by atoms with Gasteiger partial charge in [0.05, 0.1) is 0 Å². The Morgan fingerprint density at radius 3 is 2.23 bits per heavy atom. The Labute approximate surface area is 144 Å². The molecule has 1 fully saturated rings. The molecule has 2 rings (SSSR count). The lowest BCUT2D eigenvalue weighted by Gasteiger charge is -2.28. The first kappa shape index (κ1) is 20.5. The molecule has 1 aliphatic rings. The van der Waals surface area contributed by atoms with Gasteiger partial charge in [0.15, 0.2) is 11.6 Å². The smallest absolute Gasteiger partial charge is 0.407 e. The maximum absolute atomic E-state index is 13.9. The van der Waals surface area contributed by atoms with Crippen molar-refractivity contribution in [2.75, 3.05) is 0 Å². The van der Waals surface area contributed by atoms with E-state index in [-0.39, 0.29) is 12.0 Å². The Balaban J connectivity index is 2.22. The second kappa shape index (κ2) is 7.42. The van der Waals surface area contributed by atoms with Gasteiger partial charge in [0.25, 0.3) is 5.92 Å². The van der Waals surface area contributed by atoms with Crippen molar-refractivity contribution in [2.24, 2.45) is 5.92 Å². The molecule has 0 spiro atoms. The number of hydrogen-bond acceptors (Lipinski definition) is 2. The first-order chi connectivity index (χ1) is 11.9. The van der Waals surface area contributed by atoms with E-state index < -0.39 is 60.2 Å². The summed E-state index contributed by atoms with van der Waals surface area (Å²) in [5.41, 5.74) is -0.812. The molecule has 1 aromatic carbocycles. The Bertz CT molecular complexity index is 658. The van der Waals surface area contributed by atoms with Crippen LogP contribution < -0.4 is 5.32 Å². The van der Waals surface area contributed by atoms with Gasteiger partial charge in [0.2, 0.25) is 0 Å². The Morgan fingerprint density at radius 2 is 1.77 bits per heavy atom. The summed E-state index contributed by atoms with van der Waals surface area (Å²) in [6, 6.07) is -3.64. The van der Waals surface area contributed by atoms with E-state index in [0.29, 0.717) is 25.0 Å². The maximum Gasteiger partial charge on any atom is 0.407 e. The molecule has 1 aromatic rings. The summed E-state index contributed by atoms with van der Waals surface area (Å²) in [5.74, 6) is -8.56. The number of alkyl halides is 5. The van der Waals surface area contributed by atoms with Gasteiger partial charge in [-0.2, -0.15) is 13.2 Å². The van der Waals surface area contributed by atoms with Crippen molar-refractivity contribution in [2.45, 2.75) is 49.9 Å². The minimum absolute atomic E-state index is 0.252. The molecular weight excluding hydrogens is 371 g/mol. The van der Waals surface area contributed by atoms with Crippen molar-refractivity contribution in [3.63, 3.8) is 0 Å². The molecule has 10 heteroatoms. The number of carbonyl (C=O) groups is 1. The highest BCUT2D eigenvalue weighted by Gasteiger charge is 2.46. The lowest BCUT2D eigenvalue weighted by molar-refractivity contribution is -0.166. The third kappa shape index (κ3) is 5.58. The second-order valence-electron chi connectivity index (χ2n) is 6.41. The fourth-order valence-corrected chi connectivity index (χ4v) is 2.62. The molecule has 0 bridgehead atoms. The standard InChI is InChI=1S/C16H16F7NO2/c17-10-4-3-9(5-11(10)18)13(16(21,22)23)24-12(14(25)26)7-15(19,20)6-8-1-2-8/h3-5,8,12-13,24H,1-2,6-7H2,(H,25,26). The number of halogens is 7. The summed E-state index contributed by atoms with van der Waals surface area (Å²) in [6.07, 6.45) is -5.90. The van der Waals surface area contributed by atoms with Gasteiger partial charge in [-0.3, -0.25) is 10.1 Å². The Morgan fingerprint density at radius 1 is 1.15 bits per heavy atom. The molecule has 26 heavy (non-hydrogen) atoms. The highest BCUT2D eigenvalue weighted by Crippen LogP contribution is 2.41. The van der Waals surface area contributed by atoms with E-state index in [0.717, 1.165) is 0 Å². The lowest BCUT2D eigenvalue weighted by atomic mass is 10.00. The zero-order valence-corrected chi connectivity index (χ0v) is 13.3. The van der Waals surface area contributed by atoms with Crippen LogP contribution in [0.1, 0.15) is 37.3 Å². The third-order valence-electron chi connectivity index (χ3n) is 4.06. The van der Waals surface area contributed by atoms with Crippen LogP contribution in [0.25, 0.3) is 0 Å². The van der Waals surface area contributed by atoms with E-state index in [2.05, 4.69) is 0 Å². The number of rotatable bonds is 8. The number of carboxylic acid groups (broad SMARTS) is 1. The van der Waals surface area contributed by atoms with Gasteiger partial charge in [-0.15, -0.1) is 0 Å². The Hall–Kier alpha value is -1.84. The minimum atomic E-state index is -5.11. The largest absolute Gasteiger partial charge is 0.480 e. The molecule has 146 valence electrons. The number of nitrogens with one attached hydrogen (secondary N) is 1. The van der Waals surface area contributed by atoms with Crippen LogP contribution >= 0.6 is 0 Å². The van der Waals surface area contributed by atoms with Gasteiger partial charge in [0, 0.05) is 12.8 Å². The molecular formula is C16H16F7NO2. The van der Waals surface area contributed by atoms with Gasteiger partial charge in [0.1, 0.15) is 12.1 Å². The van der Waals surface area contributed by atoms with Crippen LogP contribution in [0.3, 0.4) is 0 Å². The van der Waals surface area contributed by atoms with Gasteiger partial charge in [-0.05, 0) is 36.5 Å². The molecule has 0 aromatic heterocycles. The van der Waals surface area contributed by atoms with E-state index in [1.54, 1.807) is 5.32 Å². The summed E-state index contributed by atoms with van der Waals surface area (Å²) < 4.78 is 93.7. The molecule has 0 radical (unpaired) electrons.